The Bertz CT molecular complexity index is 1150. The number of ketones is 1. The van der Waals surface area contributed by atoms with Crippen molar-refractivity contribution in [3.05, 3.63) is 38.4 Å². The summed E-state index contributed by atoms with van der Waals surface area (Å²) >= 11 is 19.0. The number of thiophene rings is 3. The molecule has 27 heavy (non-hydrogen) atoms. The molecule has 0 bridgehead atoms. The summed E-state index contributed by atoms with van der Waals surface area (Å²) < 4.78 is 9.14. The monoisotopic (exact) mass is 671 g/mol. The zero-order chi connectivity index (χ0) is 19.0. The summed E-state index contributed by atoms with van der Waals surface area (Å²) in [5.74, 6) is -0.148. The van der Waals surface area contributed by atoms with Crippen molar-refractivity contribution in [3.63, 3.8) is 0 Å². The molecular weight excluding hydrogens is 670 g/mol. The summed E-state index contributed by atoms with van der Waals surface area (Å²) in [5, 5.41) is 2.81. The lowest BCUT2D eigenvalue weighted by molar-refractivity contribution is 0.0753. The van der Waals surface area contributed by atoms with E-state index in [-0.39, 0.29) is 5.78 Å². The summed E-state index contributed by atoms with van der Waals surface area (Å²) in [7, 11) is 0. The number of nitrogens with one attached hydrogen (secondary N) is 1. The van der Waals surface area contributed by atoms with Gasteiger partial charge in [0.1, 0.15) is 6.04 Å². The van der Waals surface area contributed by atoms with Crippen LogP contribution in [-0.4, -0.2) is 18.0 Å². The SMILES string of the molecule is O=C1N[C@@H]2c3c(-c4cc(Br)sc4Br)sc(-c4cc(Br)sc4Br)c3C(=O)[C@@H]2O1. The Labute approximate surface area is 198 Å². The van der Waals surface area contributed by atoms with Crippen LogP contribution in [0.4, 0.5) is 4.79 Å². The van der Waals surface area contributed by atoms with Crippen LogP contribution in [0.15, 0.2) is 27.3 Å². The van der Waals surface area contributed by atoms with Gasteiger partial charge in [0.25, 0.3) is 0 Å². The van der Waals surface area contributed by atoms with Crippen molar-refractivity contribution in [1.29, 1.82) is 0 Å². The molecule has 5 rings (SSSR count). The standard InChI is InChI=1S/C16H5Br4NO3S3/c17-5-1-3(14(19)25-5)12-7-8(10(22)11-9(7)21-16(23)24-11)13(27-12)4-2-6(18)26-15(4)20/h1-2,9,11H,(H,21,23)/t9-,11-/m1/s1. The van der Waals surface area contributed by atoms with Crippen LogP contribution in [0.3, 0.4) is 0 Å². The quantitative estimate of drug-likeness (QED) is 0.305. The fourth-order valence-corrected chi connectivity index (χ4v) is 10.8. The third-order valence-electron chi connectivity index (χ3n) is 4.37. The van der Waals surface area contributed by atoms with Crippen LogP contribution in [0.1, 0.15) is 22.0 Å². The maximum absolute atomic E-state index is 13.1. The largest absolute Gasteiger partial charge is 0.435 e. The number of rotatable bonds is 2. The van der Waals surface area contributed by atoms with Crippen molar-refractivity contribution >= 4 is 110 Å². The molecule has 0 unspecified atom stereocenters. The van der Waals surface area contributed by atoms with Crippen LogP contribution >= 0.6 is 97.7 Å². The van der Waals surface area contributed by atoms with Gasteiger partial charge in [-0.05, 0) is 75.9 Å². The number of halogens is 4. The number of carbonyl (C=O) groups excluding carboxylic acids is 2. The smallest absolute Gasteiger partial charge is 0.408 e. The van der Waals surface area contributed by atoms with Crippen molar-refractivity contribution in [2.45, 2.75) is 12.1 Å². The Hall–Kier alpha value is -0.0400. The molecule has 1 aliphatic carbocycles. The molecule has 11 heteroatoms. The molecule has 1 N–H and O–H groups in total. The Morgan fingerprint density at radius 2 is 1.48 bits per heavy atom. The molecule has 4 nitrogen and oxygen atoms in total. The van der Waals surface area contributed by atoms with E-state index >= 15 is 0 Å². The van der Waals surface area contributed by atoms with Crippen LogP contribution in [-0.2, 0) is 4.74 Å². The van der Waals surface area contributed by atoms with Gasteiger partial charge >= 0.3 is 6.09 Å². The predicted molar refractivity (Wildman–Crippen MR) is 122 cm³/mol. The third-order valence-corrected chi connectivity index (χ3v) is 10.3. The van der Waals surface area contributed by atoms with Gasteiger partial charge < -0.3 is 10.1 Å². The maximum Gasteiger partial charge on any atom is 0.408 e. The predicted octanol–water partition coefficient (Wildman–Crippen LogP) is 7.60. The fraction of sp³-hybridized carbons (Fsp3) is 0.125. The molecule has 1 aliphatic heterocycles. The van der Waals surface area contributed by atoms with E-state index in [0.717, 1.165) is 41.6 Å². The minimum absolute atomic E-state index is 0.148. The molecule has 3 aromatic heterocycles. The van der Waals surface area contributed by atoms with Crippen molar-refractivity contribution in [2.75, 3.05) is 0 Å². The highest BCUT2D eigenvalue weighted by Crippen LogP contribution is 2.55. The zero-order valence-corrected chi connectivity index (χ0v) is 21.6. The molecule has 2 aliphatic rings. The van der Waals surface area contributed by atoms with Gasteiger partial charge in [0, 0.05) is 32.0 Å². The second-order valence-corrected chi connectivity index (χ2v) is 14.4. The third kappa shape index (κ3) is 2.88. The lowest BCUT2D eigenvalue weighted by Gasteiger charge is -2.08. The van der Waals surface area contributed by atoms with Gasteiger partial charge in [0.05, 0.1) is 15.1 Å². The highest BCUT2D eigenvalue weighted by atomic mass is 79.9. The molecule has 0 aromatic carbocycles. The first-order chi connectivity index (χ1) is 12.8. The number of ether oxygens (including phenoxy) is 1. The van der Waals surface area contributed by atoms with E-state index < -0.39 is 18.2 Å². The second-order valence-electron chi connectivity index (χ2n) is 5.84. The van der Waals surface area contributed by atoms with Gasteiger partial charge in [-0.15, -0.1) is 34.0 Å². The molecule has 4 heterocycles. The lowest BCUT2D eigenvalue weighted by Crippen LogP contribution is -2.21. The van der Waals surface area contributed by atoms with Crippen LogP contribution in [0.5, 0.6) is 0 Å². The molecule has 138 valence electrons. The topological polar surface area (TPSA) is 55.4 Å². The lowest BCUT2D eigenvalue weighted by atomic mass is 10.0. The number of fused-ring (bicyclic) bond motifs is 3. The van der Waals surface area contributed by atoms with Gasteiger partial charge in [-0.25, -0.2) is 4.79 Å². The van der Waals surface area contributed by atoms with Crippen molar-refractivity contribution in [2.24, 2.45) is 0 Å². The Kier molecular flexibility index (Phi) is 4.74. The molecule has 3 aromatic rings. The minimum atomic E-state index is -0.796. The molecule has 2 atom stereocenters. The summed E-state index contributed by atoms with van der Waals surface area (Å²) in [6.45, 7) is 0. The highest BCUT2D eigenvalue weighted by Gasteiger charge is 2.52. The van der Waals surface area contributed by atoms with E-state index in [1.807, 2.05) is 12.1 Å². The van der Waals surface area contributed by atoms with E-state index in [2.05, 4.69) is 69.0 Å². The normalized spacial score (nSPS) is 20.6. The van der Waals surface area contributed by atoms with E-state index in [9.17, 15) is 9.59 Å². The summed E-state index contributed by atoms with van der Waals surface area (Å²) in [4.78, 5) is 26.7. The highest BCUT2D eigenvalue weighted by molar-refractivity contribution is 9.12. The number of Topliss-reactive ketones (excluding diaryl/α,β-unsaturated/α-hetero) is 1. The Morgan fingerprint density at radius 3 is 2.04 bits per heavy atom. The number of alkyl carbamates (subject to hydrolysis) is 1. The molecule has 0 saturated carbocycles. The zero-order valence-electron chi connectivity index (χ0n) is 12.8. The molecular formula is C16H5Br4NO3S3. The molecule has 1 fully saturated rings. The Morgan fingerprint density at radius 1 is 0.889 bits per heavy atom. The van der Waals surface area contributed by atoms with Crippen molar-refractivity contribution in [1.82, 2.24) is 5.32 Å². The van der Waals surface area contributed by atoms with Crippen molar-refractivity contribution in [3.8, 4) is 20.9 Å². The van der Waals surface area contributed by atoms with Gasteiger partial charge in [-0.3, -0.25) is 4.79 Å². The number of hydrogen-bond acceptors (Lipinski definition) is 6. The molecule has 0 radical (unpaired) electrons. The first-order valence-corrected chi connectivity index (χ1v) is 13.1. The van der Waals surface area contributed by atoms with Crippen LogP contribution < -0.4 is 5.32 Å². The fourth-order valence-electron chi connectivity index (χ4n) is 3.36. The van der Waals surface area contributed by atoms with E-state index in [4.69, 9.17) is 4.74 Å². The number of amides is 1. The molecule has 1 saturated heterocycles. The molecule has 0 spiro atoms. The second kappa shape index (κ2) is 6.75. The average Bonchev–Trinajstić information content (AvgIpc) is 3.34. The van der Waals surface area contributed by atoms with Crippen LogP contribution in [0.25, 0.3) is 20.9 Å². The number of hydrogen-bond donors (Lipinski definition) is 1. The van der Waals surface area contributed by atoms with Crippen LogP contribution in [0.2, 0.25) is 0 Å². The first kappa shape index (κ1) is 19.0. The van der Waals surface area contributed by atoms with Crippen LogP contribution in [0, 0.1) is 0 Å². The van der Waals surface area contributed by atoms with E-state index in [1.165, 1.54) is 0 Å². The van der Waals surface area contributed by atoms with Gasteiger partial charge in [0.2, 0.25) is 5.78 Å². The minimum Gasteiger partial charge on any atom is -0.435 e. The van der Waals surface area contributed by atoms with Gasteiger partial charge in [-0.1, -0.05) is 0 Å². The summed E-state index contributed by atoms with van der Waals surface area (Å²) in [6, 6.07) is 3.58. The van der Waals surface area contributed by atoms with E-state index in [0.29, 0.717) is 5.56 Å². The Balaban J connectivity index is 1.81. The van der Waals surface area contributed by atoms with Crippen molar-refractivity contribution < 1.29 is 14.3 Å². The average molecular weight is 675 g/mol. The summed E-state index contributed by atoms with van der Waals surface area (Å²) in [5.41, 5.74) is 3.45. The van der Waals surface area contributed by atoms with Gasteiger partial charge in [-0.2, -0.15) is 0 Å². The summed E-state index contributed by atoms with van der Waals surface area (Å²) in [6.07, 6.45) is -1.34. The number of carbonyl (C=O) groups is 2. The first-order valence-electron chi connectivity index (χ1n) is 7.43. The molecule has 1 amide bonds. The van der Waals surface area contributed by atoms with E-state index in [1.54, 1.807) is 34.0 Å². The van der Waals surface area contributed by atoms with Gasteiger partial charge in [0.15, 0.2) is 6.10 Å². The maximum atomic E-state index is 13.1.